The SMILES string of the molecule is COc1ccc(C(N)CC(F)(F)F)cc1. The fraction of sp³-hybridized carbons (Fsp3) is 0.400. The molecule has 1 rings (SSSR count). The van der Waals surface area contributed by atoms with Gasteiger partial charge in [0.05, 0.1) is 13.5 Å². The summed E-state index contributed by atoms with van der Waals surface area (Å²) in [6.07, 6.45) is -5.25. The minimum atomic E-state index is -4.24. The third-order valence-corrected chi connectivity index (χ3v) is 2.00. The Hall–Kier alpha value is -1.23. The van der Waals surface area contributed by atoms with Crippen molar-refractivity contribution in [3.8, 4) is 5.75 Å². The van der Waals surface area contributed by atoms with Gasteiger partial charge in [-0.1, -0.05) is 12.1 Å². The highest BCUT2D eigenvalue weighted by Crippen LogP contribution is 2.28. The van der Waals surface area contributed by atoms with Crippen molar-refractivity contribution in [1.29, 1.82) is 0 Å². The maximum Gasteiger partial charge on any atom is 0.390 e. The van der Waals surface area contributed by atoms with Gasteiger partial charge < -0.3 is 10.5 Å². The molecule has 0 bridgehead atoms. The lowest BCUT2D eigenvalue weighted by molar-refractivity contribution is -0.138. The van der Waals surface area contributed by atoms with Crippen molar-refractivity contribution in [2.24, 2.45) is 5.73 Å². The molecule has 1 atom stereocenters. The van der Waals surface area contributed by atoms with E-state index in [1.165, 1.54) is 19.2 Å². The summed E-state index contributed by atoms with van der Waals surface area (Å²) in [4.78, 5) is 0. The number of benzene rings is 1. The number of hydrogen-bond acceptors (Lipinski definition) is 2. The quantitative estimate of drug-likeness (QED) is 0.848. The number of alkyl halides is 3. The van der Waals surface area contributed by atoms with E-state index >= 15 is 0 Å². The molecule has 0 amide bonds. The summed E-state index contributed by atoms with van der Waals surface area (Å²) in [5.74, 6) is 0.595. The predicted molar refractivity (Wildman–Crippen MR) is 50.6 cm³/mol. The molecule has 0 aliphatic heterocycles. The first-order valence-corrected chi connectivity index (χ1v) is 4.38. The van der Waals surface area contributed by atoms with E-state index in [1.807, 2.05) is 0 Å². The van der Waals surface area contributed by atoms with E-state index in [0.29, 0.717) is 11.3 Å². The Balaban J connectivity index is 2.70. The molecule has 15 heavy (non-hydrogen) atoms. The van der Waals surface area contributed by atoms with Crippen LogP contribution in [0.1, 0.15) is 18.0 Å². The van der Waals surface area contributed by atoms with Gasteiger partial charge >= 0.3 is 6.18 Å². The van der Waals surface area contributed by atoms with Crippen LogP contribution in [-0.4, -0.2) is 13.3 Å². The van der Waals surface area contributed by atoms with E-state index in [-0.39, 0.29) is 0 Å². The topological polar surface area (TPSA) is 35.2 Å². The zero-order chi connectivity index (χ0) is 11.5. The molecular weight excluding hydrogens is 207 g/mol. The van der Waals surface area contributed by atoms with Crippen molar-refractivity contribution >= 4 is 0 Å². The largest absolute Gasteiger partial charge is 0.497 e. The first kappa shape index (κ1) is 11.8. The zero-order valence-corrected chi connectivity index (χ0v) is 8.21. The maximum atomic E-state index is 12.0. The average Bonchev–Trinajstić information content (AvgIpc) is 2.15. The smallest absolute Gasteiger partial charge is 0.390 e. The lowest BCUT2D eigenvalue weighted by atomic mass is 10.0. The fourth-order valence-corrected chi connectivity index (χ4v) is 1.22. The molecule has 1 unspecified atom stereocenters. The van der Waals surface area contributed by atoms with Gasteiger partial charge in [0.1, 0.15) is 5.75 Å². The van der Waals surface area contributed by atoms with E-state index in [9.17, 15) is 13.2 Å². The van der Waals surface area contributed by atoms with Crippen LogP contribution < -0.4 is 10.5 Å². The molecule has 0 radical (unpaired) electrons. The maximum absolute atomic E-state index is 12.0. The molecule has 0 heterocycles. The standard InChI is InChI=1S/C10H12F3NO/c1-15-8-4-2-7(3-5-8)9(14)6-10(11,12)13/h2-5,9H,6,14H2,1H3. The van der Waals surface area contributed by atoms with Crippen LogP contribution in [0.3, 0.4) is 0 Å². The zero-order valence-electron chi connectivity index (χ0n) is 8.21. The van der Waals surface area contributed by atoms with E-state index in [2.05, 4.69) is 0 Å². The first-order valence-electron chi connectivity index (χ1n) is 4.38. The van der Waals surface area contributed by atoms with Crippen molar-refractivity contribution in [2.75, 3.05) is 7.11 Å². The molecule has 0 saturated heterocycles. The Morgan fingerprint density at radius 3 is 2.20 bits per heavy atom. The third kappa shape index (κ3) is 3.79. The van der Waals surface area contributed by atoms with Crippen LogP contribution in [0.4, 0.5) is 13.2 Å². The molecule has 1 aromatic rings. The summed E-state index contributed by atoms with van der Waals surface area (Å²) in [5, 5.41) is 0. The second kappa shape index (κ2) is 4.53. The number of hydrogen-bond donors (Lipinski definition) is 1. The van der Waals surface area contributed by atoms with Crippen LogP contribution in [0.25, 0.3) is 0 Å². The summed E-state index contributed by atoms with van der Waals surface area (Å²) in [7, 11) is 1.49. The highest BCUT2D eigenvalue weighted by molar-refractivity contribution is 5.28. The molecule has 0 aromatic heterocycles. The number of halogens is 3. The molecule has 1 aromatic carbocycles. The van der Waals surface area contributed by atoms with Crippen LogP contribution in [0.2, 0.25) is 0 Å². The lowest BCUT2D eigenvalue weighted by Crippen LogP contribution is -2.20. The minimum Gasteiger partial charge on any atom is -0.497 e. The van der Waals surface area contributed by atoms with Crippen LogP contribution in [0, 0.1) is 0 Å². The molecule has 5 heteroatoms. The Labute approximate surface area is 85.8 Å². The minimum absolute atomic E-state index is 0.452. The van der Waals surface area contributed by atoms with Crippen molar-refractivity contribution in [1.82, 2.24) is 0 Å². The Kier molecular flexibility index (Phi) is 3.57. The number of methoxy groups -OCH3 is 1. The van der Waals surface area contributed by atoms with Gasteiger partial charge in [-0.05, 0) is 17.7 Å². The van der Waals surface area contributed by atoms with Gasteiger partial charge in [-0.25, -0.2) is 0 Å². The van der Waals surface area contributed by atoms with Crippen molar-refractivity contribution in [3.05, 3.63) is 29.8 Å². The van der Waals surface area contributed by atoms with E-state index < -0.39 is 18.6 Å². The molecule has 0 aliphatic rings. The summed E-state index contributed by atoms with van der Waals surface area (Å²) in [6, 6.07) is 5.23. The third-order valence-electron chi connectivity index (χ3n) is 2.00. The Bertz CT molecular complexity index is 307. The van der Waals surface area contributed by atoms with Crippen LogP contribution in [0.15, 0.2) is 24.3 Å². The second-order valence-electron chi connectivity index (χ2n) is 3.20. The first-order chi connectivity index (χ1) is 6.92. The van der Waals surface area contributed by atoms with E-state index in [1.54, 1.807) is 12.1 Å². The van der Waals surface area contributed by atoms with Crippen molar-refractivity contribution < 1.29 is 17.9 Å². The Morgan fingerprint density at radius 2 is 1.80 bits per heavy atom. The monoisotopic (exact) mass is 219 g/mol. The van der Waals surface area contributed by atoms with Gasteiger partial charge in [0.15, 0.2) is 0 Å². The van der Waals surface area contributed by atoms with Crippen molar-refractivity contribution in [2.45, 2.75) is 18.6 Å². The Morgan fingerprint density at radius 1 is 1.27 bits per heavy atom. The lowest BCUT2D eigenvalue weighted by Gasteiger charge is -2.14. The van der Waals surface area contributed by atoms with Gasteiger partial charge in [-0.2, -0.15) is 13.2 Å². The second-order valence-corrected chi connectivity index (χ2v) is 3.20. The molecule has 0 fully saturated rings. The van der Waals surface area contributed by atoms with E-state index in [4.69, 9.17) is 10.5 Å². The highest BCUT2D eigenvalue weighted by Gasteiger charge is 2.30. The average molecular weight is 219 g/mol. The van der Waals surface area contributed by atoms with Gasteiger partial charge in [-0.15, -0.1) is 0 Å². The predicted octanol–water partition coefficient (Wildman–Crippen LogP) is 2.65. The van der Waals surface area contributed by atoms with Crippen LogP contribution >= 0.6 is 0 Å². The van der Waals surface area contributed by atoms with E-state index in [0.717, 1.165) is 0 Å². The number of rotatable bonds is 3. The fourth-order valence-electron chi connectivity index (χ4n) is 1.22. The molecular formula is C10H12F3NO. The summed E-state index contributed by atoms with van der Waals surface area (Å²) in [6.45, 7) is 0. The molecule has 0 aliphatic carbocycles. The molecule has 84 valence electrons. The molecule has 2 N–H and O–H groups in total. The van der Waals surface area contributed by atoms with Crippen LogP contribution in [-0.2, 0) is 0 Å². The van der Waals surface area contributed by atoms with Gasteiger partial charge in [0.2, 0.25) is 0 Å². The molecule has 2 nitrogen and oxygen atoms in total. The summed E-state index contributed by atoms with van der Waals surface area (Å²) < 4.78 is 41.0. The normalized spacial score (nSPS) is 13.7. The van der Waals surface area contributed by atoms with Gasteiger partial charge in [-0.3, -0.25) is 0 Å². The van der Waals surface area contributed by atoms with Gasteiger partial charge in [0.25, 0.3) is 0 Å². The summed E-state index contributed by atoms with van der Waals surface area (Å²) >= 11 is 0. The molecule has 0 spiro atoms. The van der Waals surface area contributed by atoms with Crippen molar-refractivity contribution in [3.63, 3.8) is 0 Å². The van der Waals surface area contributed by atoms with Gasteiger partial charge in [0, 0.05) is 6.04 Å². The number of ether oxygens (including phenoxy) is 1. The molecule has 0 saturated carbocycles. The summed E-state index contributed by atoms with van der Waals surface area (Å²) in [5.41, 5.74) is 5.86. The highest BCUT2D eigenvalue weighted by atomic mass is 19.4. The number of nitrogens with two attached hydrogens (primary N) is 1. The van der Waals surface area contributed by atoms with Crippen LogP contribution in [0.5, 0.6) is 5.75 Å².